The van der Waals surface area contributed by atoms with E-state index in [0.29, 0.717) is 22.9 Å². The van der Waals surface area contributed by atoms with Gasteiger partial charge in [-0.1, -0.05) is 23.7 Å². The number of halogens is 1. The van der Waals surface area contributed by atoms with Crippen LogP contribution in [0.2, 0.25) is 5.02 Å². The third-order valence-electron chi connectivity index (χ3n) is 4.70. The summed E-state index contributed by atoms with van der Waals surface area (Å²) < 4.78 is 8.81. The summed E-state index contributed by atoms with van der Waals surface area (Å²) in [6.45, 7) is 3.77. The standard InChI is InChI=1S/C18H19ClN4O2/c1-12-21-23-16(10-20-17(23)14-6-8-25-9-7-14)18(24)22(12)11-13-2-4-15(19)5-3-13/h2-5,10,14H,6-9,11H2,1H3. The van der Waals surface area contributed by atoms with Gasteiger partial charge in [0.2, 0.25) is 0 Å². The molecule has 0 bridgehead atoms. The molecule has 6 nitrogen and oxygen atoms in total. The summed E-state index contributed by atoms with van der Waals surface area (Å²) in [5, 5.41) is 5.31. The van der Waals surface area contributed by atoms with Crippen LogP contribution < -0.4 is 5.56 Å². The molecular weight excluding hydrogens is 340 g/mol. The Bertz CT molecular complexity index is 956. The second-order valence-corrected chi connectivity index (χ2v) is 6.80. The highest BCUT2D eigenvalue weighted by molar-refractivity contribution is 6.30. The van der Waals surface area contributed by atoms with Gasteiger partial charge in [-0.2, -0.15) is 5.10 Å². The smallest absolute Gasteiger partial charge is 0.279 e. The summed E-state index contributed by atoms with van der Waals surface area (Å²) >= 11 is 5.93. The summed E-state index contributed by atoms with van der Waals surface area (Å²) in [5.74, 6) is 1.81. The molecule has 3 heterocycles. The number of imidazole rings is 1. The number of nitrogens with zero attached hydrogens (tertiary/aromatic N) is 4. The lowest BCUT2D eigenvalue weighted by Gasteiger charge is -2.20. The van der Waals surface area contributed by atoms with Crippen LogP contribution in [0, 0.1) is 6.92 Å². The van der Waals surface area contributed by atoms with Crippen molar-refractivity contribution in [2.45, 2.75) is 32.2 Å². The highest BCUT2D eigenvalue weighted by Gasteiger charge is 2.22. The summed E-state index contributed by atoms with van der Waals surface area (Å²) in [6, 6.07) is 7.49. The molecule has 0 atom stereocenters. The van der Waals surface area contributed by atoms with E-state index in [0.717, 1.165) is 37.4 Å². The van der Waals surface area contributed by atoms with Gasteiger partial charge in [0.1, 0.15) is 11.6 Å². The fourth-order valence-electron chi connectivity index (χ4n) is 3.29. The Kier molecular flexibility index (Phi) is 4.31. The Balaban J connectivity index is 1.74. The normalized spacial score (nSPS) is 15.8. The highest BCUT2D eigenvalue weighted by atomic mass is 35.5. The van der Waals surface area contributed by atoms with Crippen LogP contribution in [0.5, 0.6) is 0 Å². The number of fused-ring (bicyclic) bond motifs is 1. The van der Waals surface area contributed by atoms with Crippen LogP contribution in [0.15, 0.2) is 35.3 Å². The van der Waals surface area contributed by atoms with Crippen molar-refractivity contribution >= 4 is 17.1 Å². The van der Waals surface area contributed by atoms with Crippen molar-refractivity contribution in [3.63, 3.8) is 0 Å². The second-order valence-electron chi connectivity index (χ2n) is 6.37. The van der Waals surface area contributed by atoms with E-state index < -0.39 is 0 Å². The average Bonchev–Trinajstić information content (AvgIpc) is 3.05. The molecule has 130 valence electrons. The molecule has 0 amide bonds. The number of ether oxygens (including phenoxy) is 1. The first-order valence-corrected chi connectivity index (χ1v) is 8.78. The minimum Gasteiger partial charge on any atom is -0.381 e. The van der Waals surface area contributed by atoms with Crippen molar-refractivity contribution in [3.8, 4) is 0 Å². The zero-order valence-corrected chi connectivity index (χ0v) is 14.7. The van der Waals surface area contributed by atoms with E-state index >= 15 is 0 Å². The van der Waals surface area contributed by atoms with Crippen LogP contribution in [0.1, 0.15) is 36.0 Å². The van der Waals surface area contributed by atoms with Crippen molar-refractivity contribution in [2.75, 3.05) is 13.2 Å². The summed E-state index contributed by atoms with van der Waals surface area (Å²) in [6.07, 6.45) is 3.46. The van der Waals surface area contributed by atoms with E-state index in [9.17, 15) is 4.79 Å². The van der Waals surface area contributed by atoms with Gasteiger partial charge < -0.3 is 4.74 Å². The molecule has 4 rings (SSSR count). The number of aryl methyl sites for hydroxylation is 1. The zero-order chi connectivity index (χ0) is 17.4. The van der Waals surface area contributed by atoms with Crippen molar-refractivity contribution < 1.29 is 4.74 Å². The maximum Gasteiger partial charge on any atom is 0.279 e. The van der Waals surface area contributed by atoms with Crippen molar-refractivity contribution in [2.24, 2.45) is 0 Å². The molecule has 0 N–H and O–H groups in total. The molecule has 2 aromatic heterocycles. The van der Waals surface area contributed by atoms with Gasteiger partial charge in [0.25, 0.3) is 5.56 Å². The Hall–Kier alpha value is -2.18. The van der Waals surface area contributed by atoms with Crippen LogP contribution in [0.25, 0.3) is 5.52 Å². The number of aromatic nitrogens is 4. The number of benzene rings is 1. The molecule has 0 aliphatic carbocycles. The SMILES string of the molecule is Cc1nn2c(C3CCOCC3)ncc2c(=O)n1Cc1ccc(Cl)cc1. The first kappa shape index (κ1) is 16.3. The summed E-state index contributed by atoms with van der Waals surface area (Å²) in [5.41, 5.74) is 1.44. The van der Waals surface area contributed by atoms with E-state index in [2.05, 4.69) is 10.1 Å². The average molecular weight is 359 g/mol. The van der Waals surface area contributed by atoms with Gasteiger partial charge >= 0.3 is 0 Å². The van der Waals surface area contributed by atoms with Crippen molar-refractivity contribution in [1.29, 1.82) is 0 Å². The van der Waals surface area contributed by atoms with Crippen molar-refractivity contribution in [3.05, 3.63) is 63.1 Å². The van der Waals surface area contributed by atoms with Crippen LogP contribution in [-0.4, -0.2) is 32.4 Å². The lowest BCUT2D eigenvalue weighted by atomic mass is 10.00. The molecule has 1 aliphatic rings. The fraction of sp³-hybridized carbons (Fsp3) is 0.389. The Morgan fingerprint density at radius 1 is 1.24 bits per heavy atom. The number of hydrogen-bond donors (Lipinski definition) is 0. The molecule has 0 unspecified atom stereocenters. The predicted octanol–water partition coefficient (Wildman–Crippen LogP) is 2.80. The van der Waals surface area contributed by atoms with Crippen LogP contribution in [0.4, 0.5) is 0 Å². The minimum absolute atomic E-state index is 0.0757. The van der Waals surface area contributed by atoms with E-state index in [1.165, 1.54) is 0 Å². The summed E-state index contributed by atoms with van der Waals surface area (Å²) in [7, 11) is 0. The molecule has 25 heavy (non-hydrogen) atoms. The zero-order valence-electron chi connectivity index (χ0n) is 14.0. The van der Waals surface area contributed by atoms with Gasteiger partial charge in [-0.05, 0) is 37.5 Å². The molecular formula is C18H19ClN4O2. The molecule has 1 aromatic carbocycles. The maximum atomic E-state index is 12.9. The molecule has 1 fully saturated rings. The minimum atomic E-state index is -0.0757. The maximum absolute atomic E-state index is 12.9. The molecule has 0 radical (unpaired) electrons. The van der Waals surface area contributed by atoms with Gasteiger partial charge in [0, 0.05) is 24.2 Å². The monoisotopic (exact) mass is 358 g/mol. The Morgan fingerprint density at radius 3 is 2.68 bits per heavy atom. The molecule has 0 saturated carbocycles. The van der Waals surface area contributed by atoms with Gasteiger partial charge in [-0.15, -0.1) is 0 Å². The topological polar surface area (TPSA) is 61.4 Å². The molecule has 1 aliphatic heterocycles. The molecule has 0 spiro atoms. The van der Waals surface area contributed by atoms with Crippen LogP contribution in [-0.2, 0) is 11.3 Å². The van der Waals surface area contributed by atoms with Gasteiger partial charge in [0.15, 0.2) is 5.52 Å². The molecule has 1 saturated heterocycles. The third-order valence-corrected chi connectivity index (χ3v) is 4.96. The van der Waals surface area contributed by atoms with E-state index in [1.54, 1.807) is 15.3 Å². The lowest BCUT2D eigenvalue weighted by Crippen LogP contribution is -2.27. The van der Waals surface area contributed by atoms with Gasteiger partial charge in [-0.25, -0.2) is 9.50 Å². The quantitative estimate of drug-likeness (QED) is 0.722. The lowest BCUT2D eigenvalue weighted by molar-refractivity contribution is 0.0832. The third kappa shape index (κ3) is 3.07. The van der Waals surface area contributed by atoms with E-state index in [-0.39, 0.29) is 11.5 Å². The Morgan fingerprint density at radius 2 is 1.96 bits per heavy atom. The highest BCUT2D eigenvalue weighted by Crippen LogP contribution is 2.25. The second kappa shape index (κ2) is 6.61. The first-order valence-electron chi connectivity index (χ1n) is 8.41. The van der Waals surface area contributed by atoms with Crippen molar-refractivity contribution in [1.82, 2.24) is 19.2 Å². The fourth-order valence-corrected chi connectivity index (χ4v) is 3.41. The number of hydrogen-bond acceptors (Lipinski definition) is 4. The summed E-state index contributed by atoms with van der Waals surface area (Å²) in [4.78, 5) is 17.4. The van der Waals surface area contributed by atoms with Gasteiger partial charge in [-0.3, -0.25) is 9.36 Å². The van der Waals surface area contributed by atoms with Crippen LogP contribution in [0.3, 0.4) is 0 Å². The van der Waals surface area contributed by atoms with Crippen LogP contribution >= 0.6 is 11.6 Å². The largest absolute Gasteiger partial charge is 0.381 e. The predicted molar refractivity (Wildman–Crippen MR) is 95.3 cm³/mol. The number of rotatable bonds is 3. The molecule has 7 heteroatoms. The Labute approximate surface area is 150 Å². The first-order chi connectivity index (χ1) is 12.1. The van der Waals surface area contributed by atoms with E-state index in [4.69, 9.17) is 16.3 Å². The van der Waals surface area contributed by atoms with E-state index in [1.807, 2.05) is 31.2 Å². The molecule has 3 aromatic rings. The van der Waals surface area contributed by atoms with Gasteiger partial charge in [0.05, 0.1) is 12.7 Å².